The van der Waals surface area contributed by atoms with E-state index in [-0.39, 0.29) is 17.7 Å². The number of hydrogen-bond acceptors (Lipinski definition) is 4. The van der Waals surface area contributed by atoms with Crippen LogP contribution in [0.25, 0.3) is 10.9 Å². The number of thioether (sulfide) groups is 1. The van der Waals surface area contributed by atoms with Crippen LogP contribution in [-0.4, -0.2) is 28.6 Å². The van der Waals surface area contributed by atoms with Crippen LogP contribution in [0.4, 0.5) is 5.69 Å². The van der Waals surface area contributed by atoms with Gasteiger partial charge in [-0.2, -0.15) is 0 Å². The fraction of sp³-hybridized carbons (Fsp3) is 0.190. The third-order valence-electron chi connectivity index (χ3n) is 4.78. The zero-order chi connectivity index (χ0) is 19.0. The van der Waals surface area contributed by atoms with Gasteiger partial charge in [0.05, 0.1) is 21.9 Å². The summed E-state index contributed by atoms with van der Waals surface area (Å²) in [4.78, 5) is 31.1. The number of benzene rings is 2. The summed E-state index contributed by atoms with van der Waals surface area (Å²) >= 11 is 1.33. The Balaban J connectivity index is 1.57. The SMILES string of the molecule is C[C@H]1Cc2ccccc2N1C(=O)CSc1cc(C(N)=O)c2ccccc2n1. The maximum atomic E-state index is 12.9. The Hall–Kier alpha value is -2.86. The van der Waals surface area contributed by atoms with Crippen molar-refractivity contribution in [3.63, 3.8) is 0 Å². The van der Waals surface area contributed by atoms with E-state index in [4.69, 9.17) is 5.73 Å². The zero-order valence-corrected chi connectivity index (χ0v) is 15.7. The predicted octanol–water partition coefficient (Wildman–Crippen LogP) is 3.40. The number of primary amides is 1. The van der Waals surface area contributed by atoms with Gasteiger partial charge in [0.25, 0.3) is 0 Å². The summed E-state index contributed by atoms with van der Waals surface area (Å²) in [5.74, 6) is -0.209. The van der Waals surface area contributed by atoms with Gasteiger partial charge in [0.15, 0.2) is 0 Å². The summed E-state index contributed by atoms with van der Waals surface area (Å²) < 4.78 is 0. The van der Waals surface area contributed by atoms with E-state index in [0.29, 0.717) is 16.1 Å². The fourth-order valence-corrected chi connectivity index (χ4v) is 4.35. The second kappa shape index (κ2) is 7.04. The van der Waals surface area contributed by atoms with Crippen molar-refractivity contribution in [1.82, 2.24) is 4.98 Å². The average Bonchev–Trinajstić information content (AvgIpc) is 3.01. The first-order valence-electron chi connectivity index (χ1n) is 8.77. The van der Waals surface area contributed by atoms with Crippen molar-refractivity contribution in [2.75, 3.05) is 10.7 Å². The van der Waals surface area contributed by atoms with Crippen molar-refractivity contribution >= 4 is 40.2 Å². The number of nitrogens with two attached hydrogens (primary N) is 1. The molecule has 0 saturated heterocycles. The van der Waals surface area contributed by atoms with E-state index in [2.05, 4.69) is 18.0 Å². The second-order valence-electron chi connectivity index (χ2n) is 6.62. The zero-order valence-electron chi connectivity index (χ0n) is 14.9. The van der Waals surface area contributed by atoms with Gasteiger partial charge in [-0.1, -0.05) is 48.2 Å². The van der Waals surface area contributed by atoms with Crippen molar-refractivity contribution in [1.29, 1.82) is 0 Å². The predicted molar refractivity (Wildman–Crippen MR) is 108 cm³/mol. The van der Waals surface area contributed by atoms with E-state index in [9.17, 15) is 9.59 Å². The molecule has 0 spiro atoms. The van der Waals surface area contributed by atoms with Gasteiger partial charge in [-0.05, 0) is 37.1 Å². The van der Waals surface area contributed by atoms with Gasteiger partial charge in [0.2, 0.25) is 11.8 Å². The largest absolute Gasteiger partial charge is 0.366 e. The molecule has 3 aromatic rings. The number of hydrogen-bond donors (Lipinski definition) is 1. The molecule has 6 heteroatoms. The number of para-hydroxylation sites is 2. The third-order valence-corrected chi connectivity index (χ3v) is 5.67. The van der Waals surface area contributed by atoms with Crippen LogP contribution in [0.5, 0.6) is 0 Å². The molecule has 0 radical (unpaired) electrons. The van der Waals surface area contributed by atoms with Gasteiger partial charge in [-0.25, -0.2) is 4.98 Å². The number of carbonyl (C=O) groups excluding carboxylic acids is 2. The topological polar surface area (TPSA) is 76.3 Å². The lowest BCUT2D eigenvalue weighted by Crippen LogP contribution is -2.37. The van der Waals surface area contributed by atoms with Crippen LogP contribution in [0, 0.1) is 0 Å². The first-order chi connectivity index (χ1) is 13.0. The van der Waals surface area contributed by atoms with E-state index in [1.807, 2.05) is 47.4 Å². The van der Waals surface area contributed by atoms with Gasteiger partial charge in [0, 0.05) is 17.1 Å². The number of aromatic nitrogens is 1. The maximum Gasteiger partial charge on any atom is 0.249 e. The van der Waals surface area contributed by atoms with Gasteiger partial charge < -0.3 is 10.6 Å². The smallest absolute Gasteiger partial charge is 0.249 e. The molecule has 2 heterocycles. The van der Waals surface area contributed by atoms with Crippen LogP contribution < -0.4 is 10.6 Å². The molecule has 0 saturated carbocycles. The van der Waals surface area contributed by atoms with Crippen molar-refractivity contribution in [3.05, 3.63) is 65.7 Å². The normalized spacial score (nSPS) is 15.7. The van der Waals surface area contributed by atoms with Crippen molar-refractivity contribution < 1.29 is 9.59 Å². The lowest BCUT2D eigenvalue weighted by molar-refractivity contribution is -0.116. The molecule has 2 N–H and O–H groups in total. The highest BCUT2D eigenvalue weighted by molar-refractivity contribution is 7.99. The molecule has 1 aromatic heterocycles. The number of rotatable bonds is 4. The van der Waals surface area contributed by atoms with Crippen LogP contribution in [0.15, 0.2) is 59.6 Å². The lowest BCUT2D eigenvalue weighted by atomic mass is 10.1. The monoisotopic (exact) mass is 377 g/mol. The summed E-state index contributed by atoms with van der Waals surface area (Å²) in [7, 11) is 0. The fourth-order valence-electron chi connectivity index (χ4n) is 3.58. The minimum Gasteiger partial charge on any atom is -0.366 e. The molecule has 0 fully saturated rings. The molecule has 1 aliphatic heterocycles. The van der Waals surface area contributed by atoms with Gasteiger partial charge in [-0.3, -0.25) is 9.59 Å². The van der Waals surface area contributed by atoms with E-state index < -0.39 is 5.91 Å². The minimum atomic E-state index is -0.496. The molecule has 1 aliphatic rings. The number of pyridine rings is 1. The van der Waals surface area contributed by atoms with Crippen LogP contribution in [0.2, 0.25) is 0 Å². The minimum absolute atomic E-state index is 0.0352. The van der Waals surface area contributed by atoms with Crippen molar-refractivity contribution in [2.45, 2.75) is 24.4 Å². The first kappa shape index (κ1) is 17.5. The summed E-state index contributed by atoms with van der Waals surface area (Å²) in [6.07, 6.45) is 0.868. The molecular formula is C21H19N3O2S. The Morgan fingerprint density at radius 2 is 1.93 bits per heavy atom. The molecule has 136 valence electrons. The van der Waals surface area contributed by atoms with Crippen LogP contribution in [-0.2, 0) is 11.2 Å². The number of amides is 2. The quantitative estimate of drug-likeness (QED) is 0.707. The maximum absolute atomic E-state index is 12.9. The van der Waals surface area contributed by atoms with E-state index in [0.717, 1.165) is 17.5 Å². The Morgan fingerprint density at radius 1 is 1.19 bits per heavy atom. The van der Waals surface area contributed by atoms with Crippen LogP contribution in [0.3, 0.4) is 0 Å². The summed E-state index contributed by atoms with van der Waals surface area (Å²) in [5, 5.41) is 1.35. The van der Waals surface area contributed by atoms with Crippen molar-refractivity contribution in [2.24, 2.45) is 5.73 Å². The molecule has 0 unspecified atom stereocenters. The van der Waals surface area contributed by atoms with Gasteiger partial charge in [0.1, 0.15) is 0 Å². The molecule has 2 amide bonds. The third kappa shape index (κ3) is 3.28. The summed E-state index contributed by atoms with van der Waals surface area (Å²) in [6, 6.07) is 17.2. The van der Waals surface area contributed by atoms with E-state index in [1.54, 1.807) is 6.07 Å². The summed E-state index contributed by atoms with van der Waals surface area (Å²) in [5.41, 5.74) is 8.83. The van der Waals surface area contributed by atoms with E-state index in [1.165, 1.54) is 17.3 Å². The Kier molecular flexibility index (Phi) is 4.58. The highest BCUT2D eigenvalue weighted by Gasteiger charge is 2.30. The van der Waals surface area contributed by atoms with Gasteiger partial charge >= 0.3 is 0 Å². The molecule has 27 heavy (non-hydrogen) atoms. The summed E-state index contributed by atoms with van der Waals surface area (Å²) in [6.45, 7) is 2.06. The first-order valence-corrected chi connectivity index (χ1v) is 9.75. The second-order valence-corrected chi connectivity index (χ2v) is 7.62. The number of fused-ring (bicyclic) bond motifs is 2. The highest BCUT2D eigenvalue weighted by atomic mass is 32.2. The molecule has 1 atom stereocenters. The molecular weight excluding hydrogens is 358 g/mol. The highest BCUT2D eigenvalue weighted by Crippen LogP contribution is 2.33. The molecule has 5 nitrogen and oxygen atoms in total. The Bertz CT molecular complexity index is 1050. The number of nitrogens with zero attached hydrogens (tertiary/aromatic N) is 2. The number of carbonyl (C=O) groups is 2. The van der Waals surface area contributed by atoms with E-state index >= 15 is 0 Å². The lowest BCUT2D eigenvalue weighted by Gasteiger charge is -2.22. The van der Waals surface area contributed by atoms with Gasteiger partial charge in [-0.15, -0.1) is 0 Å². The van der Waals surface area contributed by atoms with Crippen molar-refractivity contribution in [3.8, 4) is 0 Å². The Morgan fingerprint density at radius 3 is 2.74 bits per heavy atom. The Labute approximate surface area is 161 Å². The average molecular weight is 377 g/mol. The van der Waals surface area contributed by atoms with Crippen LogP contribution >= 0.6 is 11.8 Å². The molecule has 2 aromatic carbocycles. The number of anilines is 1. The van der Waals surface area contributed by atoms with Crippen LogP contribution in [0.1, 0.15) is 22.8 Å². The molecule has 4 rings (SSSR count). The molecule has 0 bridgehead atoms. The standard InChI is InChI=1S/C21H19N3O2S/c1-13-10-14-6-2-5-9-18(14)24(13)20(25)12-27-19-11-16(21(22)26)15-7-3-4-8-17(15)23-19/h2-9,11,13H,10,12H2,1H3,(H2,22,26)/t13-/m0/s1. The molecule has 0 aliphatic carbocycles.